The zero-order chi connectivity index (χ0) is 12.3. The van der Waals surface area contributed by atoms with Gasteiger partial charge in [-0.3, -0.25) is 4.99 Å². The molecule has 0 amide bonds. The smallest absolute Gasteiger partial charge is 0.0998 e. The van der Waals surface area contributed by atoms with Crippen LogP contribution in [-0.2, 0) is 0 Å². The zero-order valence-electron chi connectivity index (χ0n) is 11.5. The highest BCUT2D eigenvalue weighted by Gasteiger charge is 2.51. The molecule has 17 heavy (non-hydrogen) atoms. The average molecular weight is 234 g/mol. The lowest BCUT2D eigenvalue weighted by atomic mass is 9.53. The van der Waals surface area contributed by atoms with Crippen LogP contribution in [0.2, 0.25) is 0 Å². The van der Waals surface area contributed by atoms with Gasteiger partial charge < -0.3 is 5.73 Å². The first-order valence-corrected chi connectivity index (χ1v) is 7.22. The fourth-order valence-corrected chi connectivity index (χ4v) is 4.63. The monoisotopic (exact) mass is 234 g/mol. The van der Waals surface area contributed by atoms with Gasteiger partial charge in [0.2, 0.25) is 0 Å². The molecule has 0 heterocycles. The molecule has 0 unspecified atom stereocenters. The summed E-state index contributed by atoms with van der Waals surface area (Å²) in [5.41, 5.74) is 6.50. The molecule has 0 aromatic carbocycles. The Balaban J connectivity index is 1.87. The van der Waals surface area contributed by atoms with Gasteiger partial charge in [0.05, 0.1) is 11.4 Å². The van der Waals surface area contributed by atoms with Gasteiger partial charge in [-0.1, -0.05) is 20.8 Å². The van der Waals surface area contributed by atoms with Crippen molar-refractivity contribution < 1.29 is 0 Å². The van der Waals surface area contributed by atoms with E-state index in [0.29, 0.717) is 0 Å². The fraction of sp³-hybridized carbons (Fsp3) is 0.933. The van der Waals surface area contributed by atoms with Gasteiger partial charge in [0, 0.05) is 5.41 Å². The highest BCUT2D eigenvalue weighted by molar-refractivity contribution is 5.85. The average Bonchev–Trinajstić information content (AvgIpc) is 2.12. The predicted octanol–water partition coefficient (Wildman–Crippen LogP) is 3.36. The molecule has 0 saturated heterocycles. The molecular formula is C15H26N2. The zero-order valence-corrected chi connectivity index (χ0v) is 11.5. The van der Waals surface area contributed by atoms with E-state index < -0.39 is 0 Å². The number of rotatable bonds is 1. The third-order valence-electron chi connectivity index (χ3n) is 5.13. The van der Waals surface area contributed by atoms with Crippen LogP contribution in [0.1, 0.15) is 59.3 Å². The van der Waals surface area contributed by atoms with Gasteiger partial charge in [-0.2, -0.15) is 0 Å². The van der Waals surface area contributed by atoms with E-state index in [1.807, 2.05) is 0 Å². The van der Waals surface area contributed by atoms with E-state index in [2.05, 4.69) is 20.8 Å². The van der Waals surface area contributed by atoms with Crippen molar-refractivity contribution in [3.05, 3.63) is 0 Å². The molecule has 0 radical (unpaired) electrons. The van der Waals surface area contributed by atoms with Gasteiger partial charge in [0.15, 0.2) is 0 Å². The van der Waals surface area contributed by atoms with Crippen LogP contribution in [0.15, 0.2) is 4.99 Å². The SMILES string of the molecule is CC(C)(C)C(N)=NC12CC3CC(CC(C3)C1)C2. The van der Waals surface area contributed by atoms with E-state index >= 15 is 0 Å². The molecule has 0 aromatic rings. The predicted molar refractivity (Wildman–Crippen MR) is 72.0 cm³/mol. The molecular weight excluding hydrogens is 208 g/mol. The summed E-state index contributed by atoms with van der Waals surface area (Å²) < 4.78 is 0. The second-order valence-electron chi connectivity index (χ2n) is 7.89. The Bertz CT molecular complexity index is 313. The molecule has 4 aliphatic rings. The van der Waals surface area contributed by atoms with Gasteiger partial charge in [0.25, 0.3) is 0 Å². The standard InChI is InChI=1S/C15H26N2/c1-14(2,3)13(16)17-15-7-10-4-11(8-15)6-12(5-10)9-15/h10-12H,4-9H2,1-3H3,(H2,16,17). The summed E-state index contributed by atoms with van der Waals surface area (Å²) in [5.74, 6) is 3.74. The van der Waals surface area contributed by atoms with E-state index in [1.165, 1.54) is 38.5 Å². The molecule has 4 aliphatic carbocycles. The summed E-state index contributed by atoms with van der Waals surface area (Å²) in [6.07, 6.45) is 8.37. The van der Waals surface area contributed by atoms with Crippen LogP contribution in [0.25, 0.3) is 0 Å². The maximum Gasteiger partial charge on any atom is 0.0998 e. The molecule has 4 saturated carbocycles. The van der Waals surface area contributed by atoms with Crippen molar-refractivity contribution in [2.75, 3.05) is 0 Å². The molecule has 2 nitrogen and oxygen atoms in total. The molecule has 4 bridgehead atoms. The Morgan fingerprint density at radius 3 is 1.76 bits per heavy atom. The van der Waals surface area contributed by atoms with Crippen molar-refractivity contribution in [2.24, 2.45) is 33.9 Å². The lowest BCUT2D eigenvalue weighted by Gasteiger charge is -2.55. The first-order valence-electron chi connectivity index (χ1n) is 7.22. The van der Waals surface area contributed by atoms with Crippen LogP contribution in [0.4, 0.5) is 0 Å². The number of hydrogen-bond acceptors (Lipinski definition) is 1. The van der Waals surface area contributed by atoms with Gasteiger partial charge in [0.1, 0.15) is 0 Å². The number of nitrogens with zero attached hydrogens (tertiary/aromatic N) is 1. The molecule has 4 rings (SSSR count). The van der Waals surface area contributed by atoms with E-state index in [0.717, 1.165) is 23.6 Å². The van der Waals surface area contributed by atoms with Crippen LogP contribution in [-0.4, -0.2) is 11.4 Å². The minimum Gasteiger partial charge on any atom is -0.387 e. The summed E-state index contributed by atoms with van der Waals surface area (Å²) in [5, 5.41) is 0. The number of amidine groups is 1. The summed E-state index contributed by atoms with van der Waals surface area (Å²) >= 11 is 0. The maximum absolute atomic E-state index is 6.22. The third-order valence-corrected chi connectivity index (χ3v) is 5.13. The highest BCUT2D eigenvalue weighted by atomic mass is 15.0. The van der Waals surface area contributed by atoms with Crippen molar-refractivity contribution in [2.45, 2.75) is 64.8 Å². The van der Waals surface area contributed by atoms with Gasteiger partial charge >= 0.3 is 0 Å². The normalized spacial score (nSPS) is 45.4. The summed E-state index contributed by atoms with van der Waals surface area (Å²) in [4.78, 5) is 5.03. The molecule has 0 spiro atoms. The Kier molecular flexibility index (Phi) is 2.37. The quantitative estimate of drug-likeness (QED) is 0.548. The maximum atomic E-state index is 6.22. The summed E-state index contributed by atoms with van der Waals surface area (Å²) in [6, 6.07) is 0. The molecule has 2 N–H and O–H groups in total. The Hall–Kier alpha value is -0.530. The third kappa shape index (κ3) is 2.00. The Labute approximate surface area is 105 Å². The van der Waals surface area contributed by atoms with E-state index in [1.54, 1.807) is 0 Å². The molecule has 0 aromatic heterocycles. The molecule has 2 heteroatoms. The first kappa shape index (κ1) is 11.6. The van der Waals surface area contributed by atoms with Crippen molar-refractivity contribution >= 4 is 5.84 Å². The van der Waals surface area contributed by atoms with Crippen molar-refractivity contribution in [1.29, 1.82) is 0 Å². The molecule has 0 atom stereocenters. The van der Waals surface area contributed by atoms with Crippen molar-refractivity contribution in [1.82, 2.24) is 0 Å². The number of hydrogen-bond donors (Lipinski definition) is 1. The largest absolute Gasteiger partial charge is 0.387 e. The molecule has 96 valence electrons. The fourth-order valence-electron chi connectivity index (χ4n) is 4.63. The summed E-state index contributed by atoms with van der Waals surface area (Å²) in [6.45, 7) is 6.52. The number of nitrogens with two attached hydrogens (primary N) is 1. The van der Waals surface area contributed by atoms with E-state index in [4.69, 9.17) is 10.7 Å². The minimum atomic E-state index is 0.0311. The van der Waals surface area contributed by atoms with E-state index in [-0.39, 0.29) is 11.0 Å². The van der Waals surface area contributed by atoms with Gasteiger partial charge in [-0.25, -0.2) is 0 Å². The van der Waals surface area contributed by atoms with Crippen LogP contribution in [0.5, 0.6) is 0 Å². The summed E-state index contributed by atoms with van der Waals surface area (Å²) in [7, 11) is 0. The lowest BCUT2D eigenvalue weighted by Crippen LogP contribution is -2.50. The Morgan fingerprint density at radius 2 is 1.41 bits per heavy atom. The van der Waals surface area contributed by atoms with Crippen LogP contribution >= 0.6 is 0 Å². The molecule has 4 fully saturated rings. The molecule has 0 aliphatic heterocycles. The van der Waals surface area contributed by atoms with Crippen LogP contribution in [0.3, 0.4) is 0 Å². The first-order chi connectivity index (χ1) is 7.86. The lowest BCUT2D eigenvalue weighted by molar-refractivity contribution is 0.00125. The van der Waals surface area contributed by atoms with Crippen LogP contribution in [0, 0.1) is 23.2 Å². The van der Waals surface area contributed by atoms with Crippen molar-refractivity contribution in [3.8, 4) is 0 Å². The topological polar surface area (TPSA) is 38.4 Å². The van der Waals surface area contributed by atoms with Crippen LogP contribution < -0.4 is 5.73 Å². The van der Waals surface area contributed by atoms with Gasteiger partial charge in [-0.15, -0.1) is 0 Å². The highest BCUT2D eigenvalue weighted by Crippen LogP contribution is 2.57. The second kappa shape index (κ2) is 3.49. The number of aliphatic imine (C=N–C) groups is 1. The van der Waals surface area contributed by atoms with Gasteiger partial charge in [-0.05, 0) is 56.3 Å². The van der Waals surface area contributed by atoms with E-state index in [9.17, 15) is 0 Å². The second-order valence-corrected chi connectivity index (χ2v) is 7.89. The Morgan fingerprint density at radius 1 is 1.00 bits per heavy atom. The minimum absolute atomic E-state index is 0.0311. The van der Waals surface area contributed by atoms with Crippen molar-refractivity contribution in [3.63, 3.8) is 0 Å².